The number of aliphatic imine (C=N–C) groups is 1. The summed E-state index contributed by atoms with van der Waals surface area (Å²) in [5, 5.41) is 7.22. The molecule has 0 saturated heterocycles. The lowest BCUT2D eigenvalue weighted by molar-refractivity contribution is 0.376. The number of halogens is 1. The van der Waals surface area contributed by atoms with Gasteiger partial charge in [-0.3, -0.25) is 4.99 Å². The minimum atomic E-state index is -0.287. The van der Waals surface area contributed by atoms with Crippen molar-refractivity contribution in [1.29, 1.82) is 0 Å². The first-order valence-corrected chi connectivity index (χ1v) is 8.86. The van der Waals surface area contributed by atoms with Crippen LogP contribution in [0.2, 0.25) is 0 Å². The number of nitrogens with one attached hydrogen (secondary N) is 1. The Bertz CT molecular complexity index is 692. The van der Waals surface area contributed by atoms with Crippen LogP contribution in [0.15, 0.2) is 33.8 Å². The zero-order valence-electron chi connectivity index (χ0n) is 14.2. The van der Waals surface area contributed by atoms with Gasteiger partial charge in [0.25, 0.3) is 0 Å². The molecule has 25 heavy (non-hydrogen) atoms. The number of aromatic nitrogens is 2. The molecule has 2 aromatic rings. The summed E-state index contributed by atoms with van der Waals surface area (Å²) < 4.78 is 18.2. The molecular formula is C18H24FN5O. The van der Waals surface area contributed by atoms with Gasteiger partial charge in [0.1, 0.15) is 5.82 Å². The highest BCUT2D eigenvalue weighted by Crippen LogP contribution is 2.17. The van der Waals surface area contributed by atoms with Crippen LogP contribution in [0.3, 0.4) is 0 Å². The average Bonchev–Trinajstić information content (AvgIpc) is 3.09. The molecule has 1 aliphatic carbocycles. The Hall–Kier alpha value is -2.44. The van der Waals surface area contributed by atoms with Crippen molar-refractivity contribution in [3.8, 4) is 11.4 Å². The Morgan fingerprint density at radius 2 is 2.00 bits per heavy atom. The van der Waals surface area contributed by atoms with E-state index in [0.29, 0.717) is 36.7 Å². The van der Waals surface area contributed by atoms with Crippen LogP contribution in [0.4, 0.5) is 4.39 Å². The molecule has 0 atom stereocenters. The van der Waals surface area contributed by atoms with E-state index in [4.69, 9.17) is 10.3 Å². The van der Waals surface area contributed by atoms with E-state index in [9.17, 15) is 4.39 Å². The molecule has 0 spiro atoms. The molecule has 0 amide bonds. The fourth-order valence-corrected chi connectivity index (χ4v) is 3.00. The predicted octanol–water partition coefficient (Wildman–Crippen LogP) is 3.05. The van der Waals surface area contributed by atoms with Gasteiger partial charge in [-0.15, -0.1) is 0 Å². The van der Waals surface area contributed by atoms with E-state index in [0.717, 1.165) is 12.0 Å². The molecule has 3 rings (SSSR count). The Kier molecular flexibility index (Phi) is 5.98. The molecule has 1 aromatic carbocycles. The number of rotatable bonds is 6. The third-order valence-corrected chi connectivity index (χ3v) is 4.36. The lowest BCUT2D eigenvalue weighted by Crippen LogP contribution is -2.41. The zero-order chi connectivity index (χ0) is 17.5. The second kappa shape index (κ2) is 8.60. The lowest BCUT2D eigenvalue weighted by atomic mass is 9.96. The number of aryl methyl sites for hydroxylation is 1. The maximum absolute atomic E-state index is 12.9. The number of benzene rings is 1. The van der Waals surface area contributed by atoms with Crippen LogP contribution in [0, 0.1) is 5.82 Å². The van der Waals surface area contributed by atoms with Gasteiger partial charge in [-0.1, -0.05) is 24.4 Å². The molecule has 0 unspecified atom stereocenters. The Morgan fingerprint density at radius 1 is 1.24 bits per heavy atom. The van der Waals surface area contributed by atoms with E-state index in [-0.39, 0.29) is 5.82 Å². The molecule has 1 saturated carbocycles. The fraction of sp³-hybridized carbons (Fsp3) is 0.500. The van der Waals surface area contributed by atoms with Crippen molar-refractivity contribution in [3.05, 3.63) is 36.0 Å². The molecule has 7 heteroatoms. The zero-order valence-corrected chi connectivity index (χ0v) is 14.2. The Labute approximate surface area is 146 Å². The summed E-state index contributed by atoms with van der Waals surface area (Å²) >= 11 is 0. The second-order valence-corrected chi connectivity index (χ2v) is 6.37. The van der Waals surface area contributed by atoms with E-state index in [1.54, 1.807) is 12.1 Å². The number of hydrogen-bond acceptors (Lipinski definition) is 4. The van der Waals surface area contributed by atoms with Gasteiger partial charge in [0.2, 0.25) is 11.7 Å². The van der Waals surface area contributed by atoms with Gasteiger partial charge in [0, 0.05) is 24.6 Å². The summed E-state index contributed by atoms with van der Waals surface area (Å²) in [5.74, 6) is 1.25. The van der Waals surface area contributed by atoms with Crippen molar-refractivity contribution in [2.75, 3.05) is 6.54 Å². The maximum Gasteiger partial charge on any atom is 0.227 e. The molecule has 1 fully saturated rings. The molecule has 1 heterocycles. The van der Waals surface area contributed by atoms with Crippen molar-refractivity contribution in [2.24, 2.45) is 10.7 Å². The van der Waals surface area contributed by atoms with Gasteiger partial charge in [-0.25, -0.2) is 4.39 Å². The number of hydrogen-bond donors (Lipinski definition) is 2. The first kappa shape index (κ1) is 17.4. The van der Waals surface area contributed by atoms with E-state index in [1.807, 2.05) is 0 Å². The quantitative estimate of drug-likeness (QED) is 0.477. The standard InChI is InChI=1S/C18H24FN5O/c19-14-10-8-13(9-11-14)17-23-16(25-24-17)7-4-12-21-18(20)22-15-5-2-1-3-6-15/h8-11,15H,1-7,12H2,(H3,20,21,22). The van der Waals surface area contributed by atoms with Crippen molar-refractivity contribution < 1.29 is 8.91 Å². The van der Waals surface area contributed by atoms with Crippen molar-refractivity contribution in [1.82, 2.24) is 15.5 Å². The Balaban J connectivity index is 1.43. The van der Waals surface area contributed by atoms with Crippen molar-refractivity contribution in [2.45, 2.75) is 51.0 Å². The van der Waals surface area contributed by atoms with Gasteiger partial charge in [-0.2, -0.15) is 4.98 Å². The first-order chi connectivity index (χ1) is 12.2. The van der Waals surface area contributed by atoms with Crippen LogP contribution in [-0.2, 0) is 6.42 Å². The molecule has 1 aromatic heterocycles. The topological polar surface area (TPSA) is 89.3 Å². The summed E-state index contributed by atoms with van der Waals surface area (Å²) in [6.45, 7) is 0.611. The van der Waals surface area contributed by atoms with Gasteiger partial charge in [-0.05, 0) is 43.5 Å². The second-order valence-electron chi connectivity index (χ2n) is 6.37. The predicted molar refractivity (Wildman–Crippen MR) is 94.5 cm³/mol. The van der Waals surface area contributed by atoms with Crippen LogP contribution >= 0.6 is 0 Å². The van der Waals surface area contributed by atoms with E-state index < -0.39 is 0 Å². The molecule has 6 nitrogen and oxygen atoms in total. The highest BCUT2D eigenvalue weighted by Gasteiger charge is 2.13. The van der Waals surface area contributed by atoms with E-state index >= 15 is 0 Å². The van der Waals surface area contributed by atoms with Crippen LogP contribution in [0.25, 0.3) is 11.4 Å². The number of nitrogens with two attached hydrogens (primary N) is 1. The average molecular weight is 345 g/mol. The van der Waals surface area contributed by atoms with Crippen LogP contribution < -0.4 is 11.1 Å². The summed E-state index contributed by atoms with van der Waals surface area (Å²) in [5.41, 5.74) is 6.66. The summed E-state index contributed by atoms with van der Waals surface area (Å²) in [4.78, 5) is 8.68. The first-order valence-electron chi connectivity index (χ1n) is 8.86. The smallest absolute Gasteiger partial charge is 0.227 e. The highest BCUT2D eigenvalue weighted by atomic mass is 19.1. The number of guanidine groups is 1. The minimum absolute atomic E-state index is 0.287. The van der Waals surface area contributed by atoms with Crippen LogP contribution in [-0.4, -0.2) is 28.7 Å². The largest absolute Gasteiger partial charge is 0.370 e. The molecule has 3 N–H and O–H groups in total. The lowest BCUT2D eigenvalue weighted by Gasteiger charge is -2.23. The fourth-order valence-electron chi connectivity index (χ4n) is 3.00. The minimum Gasteiger partial charge on any atom is -0.370 e. The third kappa shape index (κ3) is 5.27. The Morgan fingerprint density at radius 3 is 2.76 bits per heavy atom. The van der Waals surface area contributed by atoms with E-state index in [2.05, 4.69) is 20.4 Å². The molecule has 0 bridgehead atoms. The molecule has 0 aliphatic heterocycles. The molecular weight excluding hydrogens is 321 g/mol. The SMILES string of the molecule is NC(=NCCCc1nc(-c2ccc(F)cc2)no1)NC1CCCCC1. The summed E-state index contributed by atoms with van der Waals surface area (Å²) in [6.07, 6.45) is 7.59. The summed E-state index contributed by atoms with van der Waals surface area (Å²) in [6, 6.07) is 6.48. The van der Waals surface area contributed by atoms with E-state index in [1.165, 1.54) is 44.2 Å². The van der Waals surface area contributed by atoms with Crippen LogP contribution in [0.5, 0.6) is 0 Å². The highest BCUT2D eigenvalue weighted by molar-refractivity contribution is 5.78. The normalized spacial score (nSPS) is 16.1. The molecule has 0 radical (unpaired) electrons. The van der Waals surface area contributed by atoms with Crippen LogP contribution in [0.1, 0.15) is 44.4 Å². The molecule has 134 valence electrons. The summed E-state index contributed by atoms with van der Waals surface area (Å²) in [7, 11) is 0. The van der Waals surface area contributed by atoms with Gasteiger partial charge in [0.15, 0.2) is 5.96 Å². The third-order valence-electron chi connectivity index (χ3n) is 4.36. The molecule has 1 aliphatic rings. The van der Waals surface area contributed by atoms with Gasteiger partial charge < -0.3 is 15.6 Å². The van der Waals surface area contributed by atoms with Gasteiger partial charge >= 0.3 is 0 Å². The van der Waals surface area contributed by atoms with Crippen molar-refractivity contribution in [3.63, 3.8) is 0 Å². The monoisotopic (exact) mass is 345 g/mol. The number of nitrogens with zero attached hydrogens (tertiary/aromatic N) is 3. The van der Waals surface area contributed by atoms with Gasteiger partial charge in [0.05, 0.1) is 0 Å². The van der Waals surface area contributed by atoms with Crippen molar-refractivity contribution >= 4 is 5.96 Å². The maximum atomic E-state index is 12.9.